The number of hydrogen-bond acceptors (Lipinski definition) is 4. The van der Waals surface area contributed by atoms with Gasteiger partial charge in [0.15, 0.2) is 6.61 Å². The molecule has 6 nitrogen and oxygen atoms in total. The molecule has 0 fully saturated rings. The standard InChI is InChI=1S/C24H26N2O4S/c1-16-5-7-20(8-6-16)26-31(28,29)22-11-9-21(10-12-22)30-15-23(27)25-24-18(3)13-17(2)14-19(24)4/h5-14,26H,15H2,1-4H3,(H,25,27). The van der Waals surface area contributed by atoms with Gasteiger partial charge in [-0.1, -0.05) is 35.4 Å². The number of carbonyl (C=O) groups is 1. The van der Waals surface area contributed by atoms with Crippen molar-refractivity contribution in [3.63, 3.8) is 0 Å². The highest BCUT2D eigenvalue weighted by molar-refractivity contribution is 7.92. The lowest BCUT2D eigenvalue weighted by molar-refractivity contribution is -0.118. The number of benzene rings is 3. The molecule has 2 N–H and O–H groups in total. The van der Waals surface area contributed by atoms with Crippen LogP contribution in [0.5, 0.6) is 5.75 Å². The van der Waals surface area contributed by atoms with Crippen molar-refractivity contribution in [2.75, 3.05) is 16.6 Å². The lowest BCUT2D eigenvalue weighted by Gasteiger charge is -2.13. The van der Waals surface area contributed by atoms with Gasteiger partial charge < -0.3 is 10.1 Å². The zero-order valence-electron chi connectivity index (χ0n) is 18.0. The molecular weight excluding hydrogens is 412 g/mol. The molecule has 0 bridgehead atoms. The maximum Gasteiger partial charge on any atom is 0.262 e. The number of sulfonamides is 1. The Morgan fingerprint density at radius 3 is 2.00 bits per heavy atom. The van der Waals surface area contributed by atoms with Gasteiger partial charge in [-0.25, -0.2) is 8.42 Å². The van der Waals surface area contributed by atoms with Gasteiger partial charge in [0.1, 0.15) is 5.75 Å². The molecular formula is C24H26N2O4S. The van der Waals surface area contributed by atoms with Crippen molar-refractivity contribution in [2.45, 2.75) is 32.6 Å². The van der Waals surface area contributed by atoms with Gasteiger partial charge in [-0.05, 0) is 75.2 Å². The third-order valence-corrected chi connectivity index (χ3v) is 6.15. The maximum atomic E-state index is 12.5. The molecule has 3 rings (SSSR count). The molecule has 1 amide bonds. The smallest absolute Gasteiger partial charge is 0.262 e. The van der Waals surface area contributed by atoms with Crippen LogP contribution in [0, 0.1) is 27.7 Å². The highest BCUT2D eigenvalue weighted by atomic mass is 32.2. The number of nitrogens with one attached hydrogen (secondary N) is 2. The third-order valence-electron chi connectivity index (χ3n) is 4.75. The number of aryl methyl sites for hydroxylation is 4. The Labute approximate surface area is 183 Å². The molecule has 0 unspecified atom stereocenters. The molecule has 0 heterocycles. The second-order valence-corrected chi connectivity index (χ2v) is 9.24. The monoisotopic (exact) mass is 438 g/mol. The van der Waals surface area contributed by atoms with E-state index in [-0.39, 0.29) is 17.4 Å². The van der Waals surface area contributed by atoms with Crippen LogP contribution in [0.25, 0.3) is 0 Å². The summed E-state index contributed by atoms with van der Waals surface area (Å²) in [5.74, 6) is 0.120. The summed E-state index contributed by atoms with van der Waals surface area (Å²) in [6.07, 6.45) is 0. The lowest BCUT2D eigenvalue weighted by Crippen LogP contribution is -2.21. The molecule has 0 aliphatic heterocycles. The van der Waals surface area contributed by atoms with Gasteiger partial charge in [-0.15, -0.1) is 0 Å². The van der Waals surface area contributed by atoms with Gasteiger partial charge in [0.2, 0.25) is 0 Å². The predicted octanol–water partition coefficient (Wildman–Crippen LogP) is 4.74. The molecule has 0 atom stereocenters. The number of hydrogen-bond donors (Lipinski definition) is 2. The normalized spacial score (nSPS) is 11.1. The zero-order valence-corrected chi connectivity index (χ0v) is 18.8. The fourth-order valence-corrected chi connectivity index (χ4v) is 4.31. The summed E-state index contributed by atoms with van der Waals surface area (Å²) in [6.45, 7) is 7.65. The molecule has 0 aliphatic carbocycles. The van der Waals surface area contributed by atoms with Crippen molar-refractivity contribution in [3.05, 3.63) is 82.9 Å². The minimum atomic E-state index is -3.71. The van der Waals surface area contributed by atoms with Gasteiger partial charge in [0, 0.05) is 11.4 Å². The number of ether oxygens (including phenoxy) is 1. The minimum Gasteiger partial charge on any atom is -0.484 e. The van der Waals surface area contributed by atoms with Crippen LogP contribution < -0.4 is 14.8 Å². The van der Waals surface area contributed by atoms with Crippen molar-refractivity contribution in [2.24, 2.45) is 0 Å². The predicted molar refractivity (Wildman–Crippen MR) is 123 cm³/mol. The van der Waals surface area contributed by atoms with Crippen LogP contribution in [0.15, 0.2) is 65.6 Å². The highest BCUT2D eigenvalue weighted by Gasteiger charge is 2.15. The fraction of sp³-hybridized carbons (Fsp3) is 0.208. The molecule has 0 radical (unpaired) electrons. The van der Waals surface area contributed by atoms with Crippen molar-refractivity contribution < 1.29 is 17.9 Å². The Balaban J connectivity index is 1.60. The van der Waals surface area contributed by atoms with Crippen LogP contribution in [-0.2, 0) is 14.8 Å². The zero-order chi connectivity index (χ0) is 22.6. The summed E-state index contributed by atoms with van der Waals surface area (Å²) < 4.78 is 33.1. The van der Waals surface area contributed by atoms with E-state index in [0.29, 0.717) is 11.4 Å². The van der Waals surface area contributed by atoms with Gasteiger partial charge >= 0.3 is 0 Å². The molecule has 7 heteroatoms. The Morgan fingerprint density at radius 2 is 1.42 bits per heavy atom. The second kappa shape index (κ2) is 9.22. The quantitative estimate of drug-likeness (QED) is 0.558. The molecule has 0 aromatic heterocycles. The van der Waals surface area contributed by atoms with Crippen LogP contribution in [0.3, 0.4) is 0 Å². The van der Waals surface area contributed by atoms with Gasteiger partial charge in [0.25, 0.3) is 15.9 Å². The first-order chi connectivity index (χ1) is 14.6. The summed E-state index contributed by atoms with van der Waals surface area (Å²) in [5, 5.41) is 2.87. The molecule has 162 valence electrons. The van der Waals surface area contributed by atoms with E-state index in [4.69, 9.17) is 4.74 Å². The average Bonchev–Trinajstić information content (AvgIpc) is 2.71. The number of anilines is 2. The first-order valence-electron chi connectivity index (χ1n) is 9.84. The minimum absolute atomic E-state index is 0.107. The fourth-order valence-electron chi connectivity index (χ4n) is 3.25. The first kappa shape index (κ1) is 22.4. The molecule has 3 aromatic carbocycles. The Kier molecular flexibility index (Phi) is 6.65. The van der Waals surface area contributed by atoms with E-state index >= 15 is 0 Å². The molecule has 0 saturated carbocycles. The molecule has 0 aliphatic rings. The van der Waals surface area contributed by atoms with E-state index in [9.17, 15) is 13.2 Å². The van der Waals surface area contributed by atoms with E-state index in [1.165, 1.54) is 24.3 Å². The van der Waals surface area contributed by atoms with E-state index in [2.05, 4.69) is 10.0 Å². The first-order valence-corrected chi connectivity index (χ1v) is 11.3. The number of amides is 1. The van der Waals surface area contributed by atoms with Crippen LogP contribution in [0.4, 0.5) is 11.4 Å². The van der Waals surface area contributed by atoms with Crippen molar-refractivity contribution in [3.8, 4) is 5.75 Å². The Bertz CT molecular complexity index is 1160. The van der Waals surface area contributed by atoms with Crippen LogP contribution in [0.1, 0.15) is 22.3 Å². The maximum absolute atomic E-state index is 12.5. The van der Waals surface area contributed by atoms with E-state index in [1.807, 2.05) is 52.0 Å². The van der Waals surface area contributed by atoms with E-state index in [0.717, 1.165) is 27.9 Å². The number of rotatable bonds is 7. The highest BCUT2D eigenvalue weighted by Crippen LogP contribution is 2.22. The van der Waals surface area contributed by atoms with Crippen LogP contribution in [0.2, 0.25) is 0 Å². The second-order valence-electron chi connectivity index (χ2n) is 7.55. The molecule has 0 spiro atoms. The topological polar surface area (TPSA) is 84.5 Å². The summed E-state index contributed by atoms with van der Waals surface area (Å²) in [6, 6.07) is 17.0. The summed E-state index contributed by atoms with van der Waals surface area (Å²) in [5.41, 5.74) is 5.42. The Hall–Kier alpha value is -3.32. The van der Waals surface area contributed by atoms with Crippen molar-refractivity contribution in [1.82, 2.24) is 0 Å². The van der Waals surface area contributed by atoms with Crippen molar-refractivity contribution >= 4 is 27.3 Å². The van der Waals surface area contributed by atoms with Crippen LogP contribution in [-0.4, -0.2) is 20.9 Å². The summed E-state index contributed by atoms with van der Waals surface area (Å²) in [4.78, 5) is 12.4. The largest absolute Gasteiger partial charge is 0.484 e. The third kappa shape index (κ3) is 5.86. The van der Waals surface area contributed by atoms with Crippen LogP contribution >= 0.6 is 0 Å². The van der Waals surface area contributed by atoms with E-state index < -0.39 is 10.0 Å². The van der Waals surface area contributed by atoms with Crippen molar-refractivity contribution in [1.29, 1.82) is 0 Å². The summed E-state index contributed by atoms with van der Waals surface area (Å²) >= 11 is 0. The molecule has 3 aromatic rings. The van der Waals surface area contributed by atoms with E-state index in [1.54, 1.807) is 12.1 Å². The Morgan fingerprint density at radius 1 is 0.839 bits per heavy atom. The number of carbonyl (C=O) groups excluding carboxylic acids is 1. The molecule has 31 heavy (non-hydrogen) atoms. The molecule has 0 saturated heterocycles. The summed E-state index contributed by atoms with van der Waals surface area (Å²) in [7, 11) is -3.71. The van der Waals surface area contributed by atoms with Gasteiger partial charge in [-0.3, -0.25) is 9.52 Å². The lowest BCUT2D eigenvalue weighted by atomic mass is 10.1. The van der Waals surface area contributed by atoms with Gasteiger partial charge in [-0.2, -0.15) is 0 Å². The average molecular weight is 439 g/mol. The SMILES string of the molecule is Cc1ccc(NS(=O)(=O)c2ccc(OCC(=O)Nc3c(C)cc(C)cc3C)cc2)cc1. The van der Waals surface area contributed by atoms with Gasteiger partial charge in [0.05, 0.1) is 4.90 Å².